The van der Waals surface area contributed by atoms with Gasteiger partial charge in [0.05, 0.1) is 5.52 Å². The molecule has 0 amide bonds. The summed E-state index contributed by atoms with van der Waals surface area (Å²) in [6.45, 7) is 6.37. The zero-order chi connectivity index (χ0) is 13.9. The fourth-order valence-electron chi connectivity index (χ4n) is 2.53. The Morgan fingerprint density at radius 1 is 1.10 bits per heavy atom. The van der Waals surface area contributed by atoms with Crippen LogP contribution in [-0.4, -0.2) is 24.7 Å². The van der Waals surface area contributed by atoms with Crippen molar-refractivity contribution in [3.8, 4) is 11.5 Å². The summed E-state index contributed by atoms with van der Waals surface area (Å²) in [6, 6.07) is 6.22. The zero-order valence-electron chi connectivity index (χ0n) is 12.0. The van der Waals surface area contributed by atoms with Crippen molar-refractivity contribution in [2.45, 2.75) is 26.7 Å². The number of pyridine rings is 1. The molecule has 0 unspecified atom stereocenters. The van der Waals surface area contributed by atoms with Gasteiger partial charge in [0.1, 0.15) is 19.0 Å². The van der Waals surface area contributed by atoms with Crippen LogP contribution in [0.4, 0.5) is 5.82 Å². The summed E-state index contributed by atoms with van der Waals surface area (Å²) >= 11 is 0. The van der Waals surface area contributed by atoms with Gasteiger partial charge in [0.2, 0.25) is 0 Å². The number of hydrogen-bond donors (Lipinski definition) is 1. The van der Waals surface area contributed by atoms with E-state index >= 15 is 0 Å². The molecule has 1 aromatic carbocycles. The summed E-state index contributed by atoms with van der Waals surface area (Å²) in [5.41, 5.74) is 2.21. The number of ether oxygens (including phenoxy) is 2. The minimum Gasteiger partial charge on any atom is -0.486 e. The maximum atomic E-state index is 5.64. The average Bonchev–Trinajstić information content (AvgIpc) is 2.46. The maximum absolute atomic E-state index is 5.64. The second-order valence-electron chi connectivity index (χ2n) is 4.96. The van der Waals surface area contributed by atoms with Crippen LogP contribution in [0.5, 0.6) is 11.5 Å². The first-order valence-electron chi connectivity index (χ1n) is 7.29. The van der Waals surface area contributed by atoms with Crippen molar-refractivity contribution in [2.75, 3.05) is 25.1 Å². The van der Waals surface area contributed by atoms with Gasteiger partial charge in [0.25, 0.3) is 0 Å². The molecule has 0 spiro atoms. The van der Waals surface area contributed by atoms with E-state index in [0.29, 0.717) is 13.2 Å². The summed E-state index contributed by atoms with van der Waals surface area (Å²) in [5, 5.41) is 4.46. The van der Waals surface area contributed by atoms with Crippen LogP contribution in [-0.2, 0) is 6.42 Å². The first kappa shape index (κ1) is 13.0. The van der Waals surface area contributed by atoms with Crippen LogP contribution in [0.25, 0.3) is 10.9 Å². The minimum absolute atomic E-state index is 0.604. The number of benzene rings is 1. The molecule has 4 nitrogen and oxygen atoms in total. The van der Waals surface area contributed by atoms with Gasteiger partial charge in [-0.2, -0.15) is 0 Å². The Morgan fingerprint density at radius 2 is 1.85 bits per heavy atom. The van der Waals surface area contributed by atoms with Gasteiger partial charge < -0.3 is 14.8 Å². The predicted octanol–water partition coefficient (Wildman–Crippen LogP) is 3.39. The molecule has 1 aliphatic rings. The van der Waals surface area contributed by atoms with Crippen molar-refractivity contribution in [3.05, 3.63) is 23.8 Å². The topological polar surface area (TPSA) is 43.4 Å². The van der Waals surface area contributed by atoms with E-state index in [-0.39, 0.29) is 0 Å². The number of aryl methyl sites for hydroxylation is 1. The molecule has 0 aliphatic carbocycles. The molecular formula is C16H20N2O2. The van der Waals surface area contributed by atoms with Crippen molar-refractivity contribution in [3.63, 3.8) is 0 Å². The SMILES string of the molecule is CCCc1cc2cc3c(cc2nc1NCC)OCCO3. The lowest BCUT2D eigenvalue weighted by Crippen LogP contribution is -2.15. The minimum atomic E-state index is 0.604. The molecule has 0 fully saturated rings. The molecular weight excluding hydrogens is 252 g/mol. The average molecular weight is 272 g/mol. The summed E-state index contributed by atoms with van der Waals surface area (Å²) in [6.07, 6.45) is 2.13. The number of nitrogens with zero attached hydrogens (tertiary/aromatic N) is 1. The number of nitrogens with one attached hydrogen (secondary N) is 1. The van der Waals surface area contributed by atoms with Gasteiger partial charge in [-0.15, -0.1) is 0 Å². The van der Waals surface area contributed by atoms with Crippen molar-refractivity contribution in [1.29, 1.82) is 0 Å². The second kappa shape index (κ2) is 5.57. The molecule has 0 saturated heterocycles. The summed E-state index contributed by atoms with van der Waals surface area (Å²) < 4.78 is 11.3. The van der Waals surface area contributed by atoms with Crippen LogP contribution in [0.1, 0.15) is 25.8 Å². The van der Waals surface area contributed by atoms with Crippen molar-refractivity contribution in [2.24, 2.45) is 0 Å². The van der Waals surface area contributed by atoms with Gasteiger partial charge in [-0.1, -0.05) is 13.3 Å². The van der Waals surface area contributed by atoms with Crippen LogP contribution in [0.2, 0.25) is 0 Å². The van der Waals surface area contributed by atoms with E-state index < -0.39 is 0 Å². The molecule has 3 rings (SSSR count). The van der Waals surface area contributed by atoms with Crippen LogP contribution in [0.3, 0.4) is 0 Å². The first-order valence-corrected chi connectivity index (χ1v) is 7.29. The van der Waals surface area contributed by atoms with Crippen molar-refractivity contribution < 1.29 is 9.47 Å². The second-order valence-corrected chi connectivity index (χ2v) is 4.96. The smallest absolute Gasteiger partial charge is 0.163 e. The highest BCUT2D eigenvalue weighted by atomic mass is 16.6. The molecule has 2 aromatic rings. The number of hydrogen-bond acceptors (Lipinski definition) is 4. The van der Waals surface area contributed by atoms with E-state index in [1.54, 1.807) is 0 Å². The third-order valence-electron chi connectivity index (χ3n) is 3.42. The van der Waals surface area contributed by atoms with Crippen molar-refractivity contribution >= 4 is 16.7 Å². The highest BCUT2D eigenvalue weighted by Gasteiger charge is 2.14. The van der Waals surface area contributed by atoms with Gasteiger partial charge in [-0.25, -0.2) is 4.98 Å². The van der Waals surface area contributed by atoms with E-state index in [1.807, 2.05) is 12.1 Å². The Morgan fingerprint density at radius 3 is 2.55 bits per heavy atom. The van der Waals surface area contributed by atoms with E-state index in [9.17, 15) is 0 Å². The van der Waals surface area contributed by atoms with E-state index in [1.165, 1.54) is 5.56 Å². The van der Waals surface area contributed by atoms with Crippen LogP contribution >= 0.6 is 0 Å². The fraction of sp³-hybridized carbons (Fsp3) is 0.438. The zero-order valence-corrected chi connectivity index (χ0v) is 12.0. The summed E-state index contributed by atoms with van der Waals surface area (Å²) in [5.74, 6) is 2.60. The molecule has 0 saturated carbocycles. The first-order chi connectivity index (χ1) is 9.81. The van der Waals surface area contributed by atoms with Gasteiger partial charge in [0.15, 0.2) is 11.5 Å². The Hall–Kier alpha value is -1.97. The number of anilines is 1. The van der Waals surface area contributed by atoms with Gasteiger partial charge >= 0.3 is 0 Å². The van der Waals surface area contributed by atoms with E-state index in [2.05, 4.69) is 25.2 Å². The predicted molar refractivity (Wildman–Crippen MR) is 80.9 cm³/mol. The lowest BCUT2D eigenvalue weighted by molar-refractivity contribution is 0.172. The molecule has 0 bridgehead atoms. The highest BCUT2D eigenvalue weighted by molar-refractivity contribution is 5.85. The van der Waals surface area contributed by atoms with Crippen molar-refractivity contribution in [1.82, 2.24) is 4.98 Å². The Kier molecular flexibility index (Phi) is 3.63. The fourth-order valence-corrected chi connectivity index (χ4v) is 2.53. The number of rotatable bonds is 4. The lowest BCUT2D eigenvalue weighted by atomic mass is 10.1. The Bertz CT molecular complexity index is 571. The van der Waals surface area contributed by atoms with Crippen LogP contribution in [0, 0.1) is 0 Å². The Labute approximate surface area is 119 Å². The number of fused-ring (bicyclic) bond motifs is 2. The Balaban J connectivity index is 2.12. The van der Waals surface area contributed by atoms with Gasteiger partial charge in [-0.3, -0.25) is 0 Å². The molecule has 4 heteroatoms. The third-order valence-corrected chi connectivity index (χ3v) is 3.42. The maximum Gasteiger partial charge on any atom is 0.163 e. The standard InChI is InChI=1S/C16H20N2O2/c1-3-5-11-8-12-9-14-15(20-7-6-19-14)10-13(12)18-16(11)17-4-2/h8-10H,3-7H2,1-2H3,(H,17,18). The largest absolute Gasteiger partial charge is 0.486 e. The molecule has 20 heavy (non-hydrogen) atoms. The highest BCUT2D eigenvalue weighted by Crippen LogP contribution is 2.35. The summed E-state index contributed by atoms with van der Waals surface area (Å²) in [7, 11) is 0. The lowest BCUT2D eigenvalue weighted by Gasteiger charge is -2.19. The van der Waals surface area contributed by atoms with Crippen LogP contribution in [0.15, 0.2) is 18.2 Å². The third kappa shape index (κ3) is 2.38. The monoisotopic (exact) mass is 272 g/mol. The summed E-state index contributed by atoms with van der Waals surface area (Å²) in [4.78, 5) is 4.74. The normalized spacial score (nSPS) is 13.5. The molecule has 106 valence electrons. The van der Waals surface area contributed by atoms with Crippen LogP contribution < -0.4 is 14.8 Å². The molecule has 0 radical (unpaired) electrons. The molecule has 1 aromatic heterocycles. The molecule has 2 heterocycles. The van der Waals surface area contributed by atoms with Gasteiger partial charge in [0, 0.05) is 18.0 Å². The quantitative estimate of drug-likeness (QED) is 0.926. The molecule has 1 aliphatic heterocycles. The van der Waals surface area contributed by atoms with E-state index in [0.717, 1.165) is 47.6 Å². The van der Waals surface area contributed by atoms with Gasteiger partial charge in [-0.05, 0) is 31.0 Å². The molecule has 0 atom stereocenters. The number of aromatic nitrogens is 1. The molecule has 1 N–H and O–H groups in total. The van der Waals surface area contributed by atoms with E-state index in [4.69, 9.17) is 14.5 Å².